The number of thiazole rings is 1. The number of hydrogen-bond donors (Lipinski definition) is 0. The molecule has 0 saturated heterocycles. The fourth-order valence-corrected chi connectivity index (χ4v) is 4.75. The quantitative estimate of drug-likeness (QED) is 0.838. The van der Waals surface area contributed by atoms with Gasteiger partial charge in [0, 0.05) is 25.0 Å². The van der Waals surface area contributed by atoms with Gasteiger partial charge in [-0.05, 0) is 19.1 Å². The molecule has 2 aromatic rings. The summed E-state index contributed by atoms with van der Waals surface area (Å²) in [5, 5.41) is 0.772. The molecule has 96 valence electrons. The zero-order chi connectivity index (χ0) is 12.8. The van der Waals surface area contributed by atoms with Gasteiger partial charge in [0.2, 0.25) is 0 Å². The van der Waals surface area contributed by atoms with Gasteiger partial charge in [-0.1, -0.05) is 0 Å². The van der Waals surface area contributed by atoms with Crippen molar-refractivity contribution in [3.8, 4) is 0 Å². The summed E-state index contributed by atoms with van der Waals surface area (Å²) in [4.78, 5) is 4.02. The van der Waals surface area contributed by atoms with Crippen LogP contribution in [0.3, 0.4) is 0 Å². The van der Waals surface area contributed by atoms with Gasteiger partial charge in [-0.25, -0.2) is 13.4 Å². The zero-order valence-electron chi connectivity index (χ0n) is 9.91. The fraction of sp³-hybridized carbons (Fsp3) is 0.364. The number of rotatable bonds is 2. The van der Waals surface area contributed by atoms with Crippen molar-refractivity contribution in [1.82, 2.24) is 13.9 Å². The van der Waals surface area contributed by atoms with Crippen LogP contribution >= 0.6 is 11.3 Å². The van der Waals surface area contributed by atoms with Crippen LogP contribution in [-0.4, -0.2) is 28.8 Å². The van der Waals surface area contributed by atoms with E-state index in [9.17, 15) is 8.42 Å². The second-order valence-electron chi connectivity index (χ2n) is 4.23. The highest BCUT2D eigenvalue weighted by Gasteiger charge is 2.29. The van der Waals surface area contributed by atoms with Crippen LogP contribution in [0.5, 0.6) is 0 Å². The van der Waals surface area contributed by atoms with Crippen molar-refractivity contribution in [2.45, 2.75) is 24.2 Å². The monoisotopic (exact) mass is 283 g/mol. The molecule has 0 spiro atoms. The molecule has 0 saturated carbocycles. The Hall–Kier alpha value is -1.18. The average Bonchev–Trinajstić information content (AvgIpc) is 2.96. The average molecular weight is 283 g/mol. The summed E-state index contributed by atoms with van der Waals surface area (Å²) in [6.45, 7) is 3.47. The Morgan fingerprint density at radius 1 is 1.39 bits per heavy atom. The lowest BCUT2D eigenvalue weighted by atomic mass is 10.3. The minimum Gasteiger partial charge on any atom is -0.349 e. The third-order valence-corrected chi connectivity index (χ3v) is 6.24. The molecule has 0 atom stereocenters. The molecule has 7 heteroatoms. The van der Waals surface area contributed by atoms with Gasteiger partial charge in [0.05, 0.1) is 17.7 Å². The normalized spacial score (nSPS) is 16.7. The molecule has 5 nitrogen and oxygen atoms in total. The minimum absolute atomic E-state index is 0.333. The summed E-state index contributed by atoms with van der Waals surface area (Å²) < 4.78 is 28.8. The minimum atomic E-state index is -3.39. The van der Waals surface area contributed by atoms with E-state index in [1.165, 1.54) is 21.8 Å². The number of aromatic nitrogens is 2. The maximum atomic E-state index is 12.4. The van der Waals surface area contributed by atoms with Crippen LogP contribution in [0.25, 0.3) is 0 Å². The van der Waals surface area contributed by atoms with Gasteiger partial charge in [0.1, 0.15) is 0 Å². The third kappa shape index (κ3) is 1.88. The Morgan fingerprint density at radius 3 is 2.94 bits per heavy atom. The van der Waals surface area contributed by atoms with Gasteiger partial charge in [0.15, 0.2) is 4.21 Å². The second-order valence-corrected chi connectivity index (χ2v) is 7.63. The molecule has 1 aliphatic rings. The molecular formula is C11H13N3O2S2. The highest BCUT2D eigenvalue weighted by Crippen LogP contribution is 2.25. The molecule has 3 rings (SSSR count). The lowest BCUT2D eigenvalue weighted by Crippen LogP contribution is -2.37. The standard InChI is InChI=1S/C11H13N3O2S2/c1-9-12-7-11(17-9)18(15,16)14-6-5-13-4-2-3-10(13)8-14/h2-4,7H,5-6,8H2,1H3. The van der Waals surface area contributed by atoms with Crippen LogP contribution in [0.4, 0.5) is 0 Å². The predicted molar refractivity (Wildman–Crippen MR) is 68.9 cm³/mol. The Morgan fingerprint density at radius 2 is 2.22 bits per heavy atom. The molecule has 3 heterocycles. The summed E-state index contributed by atoms with van der Waals surface area (Å²) in [6, 6.07) is 3.90. The topological polar surface area (TPSA) is 55.2 Å². The van der Waals surface area contributed by atoms with E-state index >= 15 is 0 Å². The predicted octanol–water partition coefficient (Wildman–Crippen LogP) is 1.46. The number of fused-ring (bicyclic) bond motifs is 1. The molecule has 0 unspecified atom stereocenters. The molecule has 0 radical (unpaired) electrons. The largest absolute Gasteiger partial charge is 0.349 e. The third-order valence-electron chi connectivity index (χ3n) is 3.05. The highest BCUT2D eigenvalue weighted by molar-refractivity contribution is 7.91. The maximum Gasteiger partial charge on any atom is 0.254 e. The van der Waals surface area contributed by atoms with E-state index in [0.717, 1.165) is 10.7 Å². The van der Waals surface area contributed by atoms with Crippen LogP contribution in [0, 0.1) is 6.92 Å². The van der Waals surface area contributed by atoms with E-state index in [-0.39, 0.29) is 0 Å². The van der Waals surface area contributed by atoms with E-state index in [2.05, 4.69) is 9.55 Å². The van der Waals surface area contributed by atoms with Crippen molar-refractivity contribution in [2.24, 2.45) is 0 Å². The number of aryl methyl sites for hydroxylation is 1. The van der Waals surface area contributed by atoms with Gasteiger partial charge in [-0.2, -0.15) is 4.31 Å². The molecule has 0 bridgehead atoms. The molecule has 0 aromatic carbocycles. The Kier molecular flexibility index (Phi) is 2.76. The van der Waals surface area contributed by atoms with Crippen molar-refractivity contribution >= 4 is 21.4 Å². The molecule has 2 aromatic heterocycles. The van der Waals surface area contributed by atoms with E-state index in [1.54, 1.807) is 0 Å². The lowest BCUT2D eigenvalue weighted by molar-refractivity contribution is 0.342. The van der Waals surface area contributed by atoms with Crippen molar-refractivity contribution in [3.63, 3.8) is 0 Å². The molecular weight excluding hydrogens is 270 g/mol. The number of nitrogens with zero attached hydrogens (tertiary/aromatic N) is 3. The second kappa shape index (κ2) is 4.18. The maximum absolute atomic E-state index is 12.4. The lowest BCUT2D eigenvalue weighted by Gasteiger charge is -2.27. The van der Waals surface area contributed by atoms with E-state index < -0.39 is 10.0 Å². The molecule has 1 aliphatic heterocycles. The fourth-order valence-electron chi connectivity index (χ4n) is 2.08. The van der Waals surface area contributed by atoms with Crippen LogP contribution in [-0.2, 0) is 23.1 Å². The first-order valence-electron chi connectivity index (χ1n) is 5.64. The summed E-state index contributed by atoms with van der Waals surface area (Å²) in [6.07, 6.45) is 3.43. The van der Waals surface area contributed by atoms with Crippen molar-refractivity contribution in [2.75, 3.05) is 6.54 Å². The molecule has 0 aliphatic carbocycles. The summed E-state index contributed by atoms with van der Waals surface area (Å²) in [7, 11) is -3.39. The Bertz CT molecular complexity index is 672. The Balaban J connectivity index is 1.92. The van der Waals surface area contributed by atoms with Crippen molar-refractivity contribution in [1.29, 1.82) is 0 Å². The molecule has 18 heavy (non-hydrogen) atoms. The van der Waals surface area contributed by atoms with Crippen molar-refractivity contribution in [3.05, 3.63) is 35.2 Å². The summed E-state index contributed by atoms with van der Waals surface area (Å²) in [5.41, 5.74) is 1.03. The van der Waals surface area contributed by atoms with Crippen molar-refractivity contribution < 1.29 is 8.42 Å². The van der Waals surface area contributed by atoms with Gasteiger partial charge < -0.3 is 4.57 Å². The summed E-state index contributed by atoms with van der Waals surface area (Å²) in [5.74, 6) is 0. The first-order chi connectivity index (χ1) is 8.57. The van der Waals surface area contributed by atoms with Crippen LogP contribution in [0.2, 0.25) is 0 Å². The van der Waals surface area contributed by atoms with Crippen LogP contribution in [0.1, 0.15) is 10.7 Å². The zero-order valence-corrected chi connectivity index (χ0v) is 11.5. The smallest absolute Gasteiger partial charge is 0.254 e. The SMILES string of the molecule is Cc1ncc(S(=O)(=O)N2CCn3cccc3C2)s1. The molecule has 0 fully saturated rings. The summed E-state index contributed by atoms with van der Waals surface area (Å²) >= 11 is 1.22. The Labute approximate surface area is 110 Å². The number of hydrogen-bond acceptors (Lipinski definition) is 4. The van der Waals surface area contributed by atoms with E-state index in [1.807, 2.05) is 25.3 Å². The highest BCUT2D eigenvalue weighted by atomic mass is 32.2. The molecule has 0 amide bonds. The van der Waals surface area contributed by atoms with E-state index in [4.69, 9.17) is 0 Å². The molecule has 0 N–H and O–H groups in total. The van der Waals surface area contributed by atoms with Gasteiger partial charge in [-0.15, -0.1) is 11.3 Å². The van der Waals surface area contributed by atoms with Crippen LogP contribution in [0.15, 0.2) is 28.7 Å². The van der Waals surface area contributed by atoms with Crippen LogP contribution < -0.4 is 0 Å². The number of sulfonamides is 1. The first-order valence-corrected chi connectivity index (χ1v) is 7.89. The first kappa shape index (κ1) is 11.9. The van der Waals surface area contributed by atoms with E-state index in [0.29, 0.717) is 23.8 Å². The van der Waals surface area contributed by atoms with Gasteiger partial charge >= 0.3 is 0 Å². The van der Waals surface area contributed by atoms with Gasteiger partial charge in [0.25, 0.3) is 10.0 Å². The van der Waals surface area contributed by atoms with Gasteiger partial charge in [-0.3, -0.25) is 0 Å².